The summed E-state index contributed by atoms with van der Waals surface area (Å²) in [5.74, 6) is -1.27. The highest BCUT2D eigenvalue weighted by molar-refractivity contribution is 6.35. The van der Waals surface area contributed by atoms with E-state index in [1.807, 2.05) is 32.0 Å². The molecule has 0 saturated heterocycles. The summed E-state index contributed by atoms with van der Waals surface area (Å²) >= 11 is 0. The van der Waals surface area contributed by atoms with Crippen LogP contribution >= 0.6 is 0 Å². The highest BCUT2D eigenvalue weighted by atomic mass is 16.3. The number of hydrogen-bond donors (Lipinski definition) is 1. The predicted molar refractivity (Wildman–Crippen MR) is 88.8 cm³/mol. The zero-order valence-corrected chi connectivity index (χ0v) is 13.8. The Morgan fingerprint density at radius 1 is 1.00 bits per heavy atom. The molecule has 23 heavy (non-hydrogen) atoms. The molecular formula is C19H23NO3. The average Bonchev–Trinajstić information content (AvgIpc) is 2.71. The number of aryl methyl sites for hydroxylation is 2. The summed E-state index contributed by atoms with van der Waals surface area (Å²) < 4.78 is 0. The summed E-state index contributed by atoms with van der Waals surface area (Å²) in [6.45, 7) is 3.87. The monoisotopic (exact) mass is 313 g/mol. The molecule has 0 unspecified atom stereocenters. The van der Waals surface area contributed by atoms with E-state index in [0.29, 0.717) is 5.56 Å². The van der Waals surface area contributed by atoms with Gasteiger partial charge in [0.25, 0.3) is 11.8 Å². The Bertz CT molecular complexity index is 682. The largest absolute Gasteiger partial charge is 0.502 e. The number of rotatable bonds is 2. The Morgan fingerprint density at radius 2 is 1.65 bits per heavy atom. The highest BCUT2D eigenvalue weighted by Gasteiger charge is 2.43. The Hall–Kier alpha value is -2.10. The first kappa shape index (κ1) is 15.8. The first-order valence-corrected chi connectivity index (χ1v) is 8.39. The van der Waals surface area contributed by atoms with Crippen molar-refractivity contribution in [2.24, 2.45) is 0 Å². The number of hydrogen-bond acceptors (Lipinski definition) is 3. The van der Waals surface area contributed by atoms with Crippen molar-refractivity contribution < 1.29 is 14.7 Å². The van der Waals surface area contributed by atoms with Gasteiger partial charge in [-0.15, -0.1) is 0 Å². The number of imide groups is 1. The second kappa shape index (κ2) is 6.19. The van der Waals surface area contributed by atoms with Crippen molar-refractivity contribution in [1.29, 1.82) is 0 Å². The van der Waals surface area contributed by atoms with Gasteiger partial charge in [0.15, 0.2) is 5.76 Å². The van der Waals surface area contributed by atoms with E-state index >= 15 is 0 Å². The lowest BCUT2D eigenvalue weighted by Gasteiger charge is -2.25. The molecule has 2 amide bonds. The lowest BCUT2D eigenvalue weighted by Crippen LogP contribution is -2.40. The van der Waals surface area contributed by atoms with E-state index in [0.717, 1.165) is 49.7 Å². The van der Waals surface area contributed by atoms with Gasteiger partial charge < -0.3 is 5.11 Å². The third-order valence-corrected chi connectivity index (χ3v) is 4.93. The molecule has 2 aliphatic rings. The molecule has 122 valence electrons. The van der Waals surface area contributed by atoms with Crippen LogP contribution in [-0.2, 0) is 9.59 Å². The standard InChI is InChI=1S/C19H23NO3/c1-12-9-10-15(13(2)11-12)16-17(21)19(23)20(18(16)22)14-7-5-3-4-6-8-14/h9-11,14,21H,3-8H2,1-2H3. The van der Waals surface area contributed by atoms with Gasteiger partial charge in [0, 0.05) is 6.04 Å². The van der Waals surface area contributed by atoms with Crippen LogP contribution in [0.4, 0.5) is 0 Å². The second-order valence-corrected chi connectivity index (χ2v) is 6.67. The van der Waals surface area contributed by atoms with Gasteiger partial charge in [0.1, 0.15) is 0 Å². The molecular weight excluding hydrogens is 290 g/mol. The van der Waals surface area contributed by atoms with Crippen LogP contribution in [0, 0.1) is 13.8 Å². The number of carbonyl (C=O) groups is 2. The second-order valence-electron chi connectivity index (χ2n) is 6.67. The lowest BCUT2D eigenvalue weighted by molar-refractivity contribution is -0.141. The quantitative estimate of drug-likeness (QED) is 0.669. The topological polar surface area (TPSA) is 57.6 Å². The van der Waals surface area contributed by atoms with E-state index in [-0.39, 0.29) is 17.5 Å². The SMILES string of the molecule is Cc1ccc(C2=C(O)C(=O)N(C3CCCCCC3)C2=O)c(C)c1. The predicted octanol–water partition coefficient (Wildman–Crippen LogP) is 3.66. The molecule has 1 heterocycles. The molecule has 1 fully saturated rings. The zero-order valence-electron chi connectivity index (χ0n) is 13.8. The maximum absolute atomic E-state index is 12.9. The smallest absolute Gasteiger partial charge is 0.296 e. The van der Waals surface area contributed by atoms with E-state index in [9.17, 15) is 14.7 Å². The van der Waals surface area contributed by atoms with Crippen LogP contribution < -0.4 is 0 Å². The molecule has 1 aromatic rings. The van der Waals surface area contributed by atoms with E-state index in [1.165, 1.54) is 4.90 Å². The number of aliphatic hydroxyl groups excluding tert-OH is 1. The summed E-state index contributed by atoms with van der Waals surface area (Å²) in [4.78, 5) is 26.6. The Morgan fingerprint density at radius 3 is 2.26 bits per heavy atom. The Kier molecular flexibility index (Phi) is 4.24. The number of amides is 2. The van der Waals surface area contributed by atoms with Crippen molar-refractivity contribution in [3.63, 3.8) is 0 Å². The molecule has 0 atom stereocenters. The molecule has 1 N–H and O–H groups in total. The Balaban J connectivity index is 1.96. The van der Waals surface area contributed by atoms with E-state index in [4.69, 9.17) is 0 Å². The van der Waals surface area contributed by atoms with Crippen molar-refractivity contribution in [3.05, 3.63) is 40.6 Å². The molecule has 0 spiro atoms. The summed E-state index contributed by atoms with van der Waals surface area (Å²) in [5, 5.41) is 10.3. The minimum Gasteiger partial charge on any atom is -0.502 e. The van der Waals surface area contributed by atoms with Crippen molar-refractivity contribution >= 4 is 17.4 Å². The molecule has 0 bridgehead atoms. The normalized spacial score (nSPS) is 20.3. The van der Waals surface area contributed by atoms with Crippen LogP contribution in [0.15, 0.2) is 24.0 Å². The molecule has 1 aromatic carbocycles. The van der Waals surface area contributed by atoms with Gasteiger partial charge in [0.2, 0.25) is 0 Å². The van der Waals surface area contributed by atoms with Gasteiger partial charge >= 0.3 is 0 Å². The van der Waals surface area contributed by atoms with E-state index in [2.05, 4.69) is 0 Å². The Labute approximate surface area is 136 Å². The summed E-state index contributed by atoms with van der Waals surface area (Å²) in [6, 6.07) is 5.59. The molecule has 0 aromatic heterocycles. The number of benzene rings is 1. The average molecular weight is 313 g/mol. The lowest BCUT2D eigenvalue weighted by atomic mass is 9.98. The van der Waals surface area contributed by atoms with Crippen LogP contribution in [0.3, 0.4) is 0 Å². The minimum absolute atomic E-state index is 0.0806. The first-order chi connectivity index (χ1) is 11.0. The summed E-state index contributed by atoms with van der Waals surface area (Å²) in [5.41, 5.74) is 2.80. The van der Waals surface area contributed by atoms with Crippen LogP contribution in [0.5, 0.6) is 0 Å². The van der Waals surface area contributed by atoms with Crippen molar-refractivity contribution in [3.8, 4) is 0 Å². The van der Waals surface area contributed by atoms with E-state index < -0.39 is 11.7 Å². The zero-order chi connectivity index (χ0) is 16.6. The van der Waals surface area contributed by atoms with Crippen LogP contribution in [-0.4, -0.2) is 27.9 Å². The van der Waals surface area contributed by atoms with Crippen molar-refractivity contribution in [2.75, 3.05) is 0 Å². The number of carbonyl (C=O) groups excluding carboxylic acids is 2. The molecule has 1 aliphatic heterocycles. The first-order valence-electron chi connectivity index (χ1n) is 8.39. The fraction of sp³-hybridized carbons (Fsp3) is 0.474. The third kappa shape index (κ3) is 2.78. The van der Waals surface area contributed by atoms with Gasteiger partial charge in [-0.3, -0.25) is 14.5 Å². The molecule has 0 radical (unpaired) electrons. The molecule has 1 aliphatic carbocycles. The maximum Gasteiger partial charge on any atom is 0.296 e. The molecule has 1 saturated carbocycles. The maximum atomic E-state index is 12.9. The number of nitrogens with zero attached hydrogens (tertiary/aromatic N) is 1. The van der Waals surface area contributed by atoms with Gasteiger partial charge in [-0.1, -0.05) is 49.4 Å². The van der Waals surface area contributed by atoms with Gasteiger partial charge in [-0.2, -0.15) is 0 Å². The summed E-state index contributed by atoms with van der Waals surface area (Å²) in [6.07, 6.45) is 6.03. The molecule has 3 rings (SSSR count). The van der Waals surface area contributed by atoms with Crippen molar-refractivity contribution in [2.45, 2.75) is 58.4 Å². The van der Waals surface area contributed by atoms with E-state index in [1.54, 1.807) is 0 Å². The van der Waals surface area contributed by atoms with Crippen LogP contribution in [0.1, 0.15) is 55.2 Å². The fourth-order valence-electron chi connectivity index (χ4n) is 3.72. The fourth-order valence-corrected chi connectivity index (χ4v) is 3.72. The van der Waals surface area contributed by atoms with Crippen LogP contribution in [0.25, 0.3) is 5.57 Å². The minimum atomic E-state index is -0.531. The summed E-state index contributed by atoms with van der Waals surface area (Å²) in [7, 11) is 0. The third-order valence-electron chi connectivity index (χ3n) is 4.93. The number of aliphatic hydroxyl groups is 1. The van der Waals surface area contributed by atoms with Crippen LogP contribution in [0.2, 0.25) is 0 Å². The van der Waals surface area contributed by atoms with Gasteiger partial charge in [-0.05, 0) is 37.8 Å². The molecule has 4 nitrogen and oxygen atoms in total. The van der Waals surface area contributed by atoms with Crippen molar-refractivity contribution in [1.82, 2.24) is 4.90 Å². The highest BCUT2D eigenvalue weighted by Crippen LogP contribution is 2.34. The molecule has 4 heteroatoms. The van der Waals surface area contributed by atoms with Gasteiger partial charge in [-0.25, -0.2) is 0 Å². The van der Waals surface area contributed by atoms with Gasteiger partial charge in [0.05, 0.1) is 5.57 Å².